The zero-order valence-corrected chi connectivity index (χ0v) is 30.3. The molecule has 0 aromatic carbocycles. The van der Waals surface area contributed by atoms with E-state index in [9.17, 15) is 80.8 Å². The zero-order chi connectivity index (χ0) is 42.0. The van der Waals surface area contributed by atoms with Crippen molar-refractivity contribution in [2.45, 2.75) is 155 Å². The summed E-state index contributed by atoms with van der Waals surface area (Å²) in [5.41, 5.74) is 0. The molecule has 0 unspecified atom stereocenters. The lowest BCUT2D eigenvalue weighted by Gasteiger charge is -2.51. The third kappa shape index (κ3) is 9.74. The van der Waals surface area contributed by atoms with Crippen molar-refractivity contribution >= 4 is 17.8 Å². The van der Waals surface area contributed by atoms with Gasteiger partial charge in [0.2, 0.25) is 11.8 Å². The van der Waals surface area contributed by atoms with Crippen LogP contribution in [0.2, 0.25) is 0 Å². The molecule has 324 valence electrons. The molecule has 4 heterocycles. The second-order valence-electron chi connectivity index (χ2n) is 14.0. The van der Waals surface area contributed by atoms with Gasteiger partial charge in [-0.25, -0.2) is 4.79 Å². The van der Waals surface area contributed by atoms with E-state index in [-0.39, 0.29) is 0 Å². The van der Waals surface area contributed by atoms with Crippen molar-refractivity contribution in [3.05, 3.63) is 0 Å². The number of carboxylic acids is 1. The third-order valence-electron chi connectivity index (χ3n) is 9.94. The number of hydrogen-bond acceptors (Lipinski definition) is 22. The Morgan fingerprint density at radius 2 is 1.30 bits per heavy atom. The highest BCUT2D eigenvalue weighted by atomic mass is 16.8. The number of carbonyl (C=O) groups is 3. The van der Waals surface area contributed by atoms with Gasteiger partial charge in [0.25, 0.3) is 5.79 Å². The van der Waals surface area contributed by atoms with Gasteiger partial charge < -0.3 is 110 Å². The molecular formula is C31H52N2O23. The molecule has 4 rings (SSSR count). The predicted octanol–water partition coefficient (Wildman–Crippen LogP) is -9.23. The Morgan fingerprint density at radius 3 is 1.86 bits per heavy atom. The Bertz CT molecular complexity index is 1320. The summed E-state index contributed by atoms with van der Waals surface area (Å²) in [7, 11) is 0. The summed E-state index contributed by atoms with van der Waals surface area (Å²) in [6, 6.07) is -3.23. The highest BCUT2D eigenvalue weighted by Crippen LogP contribution is 2.38. The second-order valence-corrected chi connectivity index (χ2v) is 14.0. The lowest BCUT2D eigenvalue weighted by atomic mass is 9.88. The Balaban J connectivity index is 1.63. The number of aliphatic carboxylic acids is 1. The van der Waals surface area contributed by atoms with Crippen LogP contribution in [-0.2, 0) is 47.5 Å². The minimum Gasteiger partial charge on any atom is -0.477 e. The normalized spacial score (nSPS) is 45.7. The molecule has 25 heteroatoms. The lowest BCUT2D eigenvalue weighted by molar-refractivity contribution is -0.386. The van der Waals surface area contributed by atoms with E-state index in [1.54, 1.807) is 0 Å². The first-order chi connectivity index (χ1) is 26.2. The van der Waals surface area contributed by atoms with Gasteiger partial charge in [-0.15, -0.1) is 0 Å². The van der Waals surface area contributed by atoms with Crippen LogP contribution < -0.4 is 10.6 Å². The Kier molecular flexibility index (Phi) is 15.8. The fourth-order valence-electron chi connectivity index (χ4n) is 7.00. The van der Waals surface area contributed by atoms with Crippen molar-refractivity contribution < 1.29 is 114 Å². The maximum atomic E-state index is 12.8. The fraction of sp³-hybridized carbons (Fsp3) is 0.903. The number of carboxylic acid groups (broad SMARTS) is 1. The van der Waals surface area contributed by atoms with Crippen LogP contribution in [0.4, 0.5) is 0 Å². The fourth-order valence-corrected chi connectivity index (χ4v) is 7.00. The molecule has 0 aliphatic carbocycles. The Hall–Kier alpha value is -2.35. The van der Waals surface area contributed by atoms with Crippen molar-refractivity contribution in [3.63, 3.8) is 0 Å². The van der Waals surface area contributed by atoms with E-state index < -0.39 is 172 Å². The van der Waals surface area contributed by atoms with E-state index in [1.165, 1.54) is 6.92 Å². The van der Waals surface area contributed by atoms with Crippen LogP contribution >= 0.6 is 0 Å². The topological polar surface area (TPSA) is 403 Å². The number of rotatable bonds is 14. The molecule has 25 nitrogen and oxygen atoms in total. The zero-order valence-electron chi connectivity index (χ0n) is 30.3. The summed E-state index contributed by atoms with van der Waals surface area (Å²) >= 11 is 0. The van der Waals surface area contributed by atoms with Crippen molar-refractivity contribution in [1.82, 2.24) is 10.6 Å². The predicted molar refractivity (Wildman–Crippen MR) is 173 cm³/mol. The SMILES string of the molecule is CC(=O)N[C@H]1[C@H](O[C@@H]2[C@H](O)[C@H](C)O[C@@H](O)[C@H]2O)O[C@H](CO)[C@@H](O[C@@H]2O[C@H](CO)[C@H](O)[C@H](O[C@]3(C(=O)O)C[C@H](O)[C@@H](NC(C)=O)[C@H]([C@H](O)[C@H](O)CO)O3)[C@H]2O)[C@@H]1O. The molecule has 15 N–H and O–H groups in total. The molecule has 0 spiro atoms. The smallest absolute Gasteiger partial charge is 0.364 e. The van der Waals surface area contributed by atoms with E-state index >= 15 is 0 Å². The number of amides is 2. The van der Waals surface area contributed by atoms with Gasteiger partial charge >= 0.3 is 5.97 Å². The standard InChI is InChI=1S/C31H52N2O23/c1-8-17(41)25(21(45)27(47)50-8)54-28-16(33-10(3)38)20(44)23(14(7-36)52-28)53-29-22(46)26(19(43)13(6-35)51-29)56-31(30(48)49)4-11(39)15(32-9(2)37)24(55-31)18(42)12(40)5-34/h8,11-29,34-36,39-47H,4-7H2,1-3H3,(H,32,37)(H,33,38)(H,48,49)/t8-,11-,12+,13+,14+,15+,16+,17+,18+,19-,20+,21-,22+,23+,24+,25+,26-,27+,28-,29-,31-/m0/s1. The quantitative estimate of drug-likeness (QED) is 0.0773. The maximum absolute atomic E-state index is 12.8. The van der Waals surface area contributed by atoms with Gasteiger partial charge in [-0.1, -0.05) is 0 Å². The number of carbonyl (C=O) groups excluding carboxylic acids is 2. The molecule has 2 amide bonds. The monoisotopic (exact) mass is 820 g/mol. The summed E-state index contributed by atoms with van der Waals surface area (Å²) < 4.78 is 39.0. The van der Waals surface area contributed by atoms with Crippen molar-refractivity contribution in [3.8, 4) is 0 Å². The molecule has 56 heavy (non-hydrogen) atoms. The second kappa shape index (κ2) is 19.1. The van der Waals surface area contributed by atoms with E-state index in [2.05, 4.69) is 10.6 Å². The molecule has 21 atom stereocenters. The molecule has 4 aliphatic rings. The largest absolute Gasteiger partial charge is 0.477 e. The van der Waals surface area contributed by atoms with Crippen molar-refractivity contribution in [2.75, 3.05) is 19.8 Å². The van der Waals surface area contributed by atoms with E-state index in [0.717, 1.165) is 13.8 Å². The molecule has 0 bridgehead atoms. The van der Waals surface area contributed by atoms with Gasteiger partial charge in [-0.05, 0) is 6.92 Å². The summed E-state index contributed by atoms with van der Waals surface area (Å²) in [6.07, 6.45) is -34.7. The minimum absolute atomic E-state index is 0.774. The Morgan fingerprint density at radius 1 is 0.732 bits per heavy atom. The van der Waals surface area contributed by atoms with Crippen LogP contribution in [0.3, 0.4) is 0 Å². The first-order valence-electron chi connectivity index (χ1n) is 17.6. The number of nitrogens with one attached hydrogen (secondary N) is 2. The summed E-state index contributed by atoms with van der Waals surface area (Å²) in [5.74, 6) is -6.67. The van der Waals surface area contributed by atoms with Gasteiger partial charge in [0.15, 0.2) is 18.9 Å². The maximum Gasteiger partial charge on any atom is 0.364 e. The van der Waals surface area contributed by atoms with Gasteiger partial charge in [0, 0.05) is 20.3 Å². The van der Waals surface area contributed by atoms with Gasteiger partial charge in [-0.3, -0.25) is 9.59 Å². The average Bonchev–Trinajstić information content (AvgIpc) is 3.14. The third-order valence-corrected chi connectivity index (χ3v) is 9.94. The van der Waals surface area contributed by atoms with Gasteiger partial charge in [0.1, 0.15) is 85.4 Å². The summed E-state index contributed by atoms with van der Waals surface area (Å²) in [5, 5.41) is 142. The number of aliphatic hydroxyl groups excluding tert-OH is 12. The number of aliphatic hydroxyl groups is 12. The molecule has 0 radical (unpaired) electrons. The molecule has 0 aromatic heterocycles. The average molecular weight is 821 g/mol. The minimum atomic E-state index is -3.10. The van der Waals surface area contributed by atoms with E-state index in [4.69, 9.17) is 33.2 Å². The van der Waals surface area contributed by atoms with Crippen molar-refractivity contribution in [2.24, 2.45) is 0 Å². The molecule has 0 saturated carbocycles. The summed E-state index contributed by atoms with van der Waals surface area (Å²) in [4.78, 5) is 36.9. The Labute approximate surface area is 317 Å². The van der Waals surface area contributed by atoms with Crippen LogP contribution in [-0.4, -0.2) is 232 Å². The van der Waals surface area contributed by atoms with Crippen LogP contribution in [0.15, 0.2) is 0 Å². The number of ether oxygens (including phenoxy) is 7. The highest BCUT2D eigenvalue weighted by Gasteiger charge is 2.60. The van der Waals surface area contributed by atoms with Crippen LogP contribution in [0.1, 0.15) is 27.2 Å². The first-order valence-corrected chi connectivity index (χ1v) is 17.6. The number of hydrogen-bond donors (Lipinski definition) is 15. The molecular weight excluding hydrogens is 768 g/mol. The summed E-state index contributed by atoms with van der Waals surface area (Å²) in [6.45, 7) is 0.319. The van der Waals surface area contributed by atoms with Crippen LogP contribution in [0.25, 0.3) is 0 Å². The van der Waals surface area contributed by atoms with Crippen LogP contribution in [0, 0.1) is 0 Å². The van der Waals surface area contributed by atoms with Crippen LogP contribution in [0.5, 0.6) is 0 Å². The van der Waals surface area contributed by atoms with E-state index in [0.29, 0.717) is 0 Å². The van der Waals surface area contributed by atoms with Gasteiger partial charge in [0.05, 0.1) is 38.1 Å². The van der Waals surface area contributed by atoms with Gasteiger partial charge in [-0.2, -0.15) is 0 Å². The molecule has 4 fully saturated rings. The molecule has 0 aromatic rings. The molecule has 4 saturated heterocycles. The first kappa shape index (κ1) is 46.3. The molecule has 4 aliphatic heterocycles. The van der Waals surface area contributed by atoms with E-state index in [1.807, 2.05) is 0 Å². The lowest BCUT2D eigenvalue weighted by Crippen LogP contribution is -2.71. The highest BCUT2D eigenvalue weighted by molar-refractivity contribution is 5.76. The van der Waals surface area contributed by atoms with Crippen molar-refractivity contribution in [1.29, 1.82) is 0 Å².